The van der Waals surface area contributed by atoms with Crippen molar-refractivity contribution < 1.29 is 4.79 Å². The van der Waals surface area contributed by atoms with Crippen LogP contribution in [0.15, 0.2) is 11.1 Å². The lowest BCUT2D eigenvalue weighted by atomic mass is 9.97. The van der Waals surface area contributed by atoms with E-state index < -0.39 is 0 Å². The van der Waals surface area contributed by atoms with E-state index in [9.17, 15) is 9.59 Å². The lowest BCUT2D eigenvalue weighted by molar-refractivity contribution is -0.116. The van der Waals surface area contributed by atoms with Crippen LogP contribution in [-0.4, -0.2) is 38.9 Å². The van der Waals surface area contributed by atoms with Gasteiger partial charge in [-0.05, 0) is 38.3 Å². The quantitative estimate of drug-likeness (QED) is 0.690. The third-order valence-corrected chi connectivity index (χ3v) is 7.89. The molecule has 7 nitrogen and oxygen atoms in total. The first-order valence-corrected chi connectivity index (χ1v) is 11.7. The minimum absolute atomic E-state index is 0.0186. The highest BCUT2D eigenvalue weighted by Gasteiger charge is 2.21. The van der Waals surface area contributed by atoms with Gasteiger partial charge in [0.15, 0.2) is 5.13 Å². The van der Waals surface area contributed by atoms with Crippen LogP contribution in [0.25, 0.3) is 10.2 Å². The number of thiazole rings is 1. The van der Waals surface area contributed by atoms with E-state index >= 15 is 0 Å². The van der Waals surface area contributed by atoms with E-state index in [-0.39, 0.29) is 17.9 Å². The average molecular weight is 430 g/mol. The van der Waals surface area contributed by atoms with Crippen LogP contribution in [0.5, 0.6) is 0 Å². The van der Waals surface area contributed by atoms with Crippen LogP contribution in [0, 0.1) is 0 Å². The molecule has 1 aliphatic heterocycles. The molecule has 0 saturated carbocycles. The van der Waals surface area contributed by atoms with Gasteiger partial charge in [-0.2, -0.15) is 0 Å². The summed E-state index contributed by atoms with van der Waals surface area (Å²) in [5.41, 5.74) is 2.26. The minimum atomic E-state index is -0.121. The van der Waals surface area contributed by atoms with E-state index in [1.165, 1.54) is 21.7 Å². The zero-order valence-corrected chi connectivity index (χ0v) is 18.0. The Bertz CT molecular complexity index is 1150. The van der Waals surface area contributed by atoms with Crippen molar-refractivity contribution in [3.8, 4) is 0 Å². The summed E-state index contributed by atoms with van der Waals surface area (Å²) in [6.07, 6.45) is 7.05. The van der Waals surface area contributed by atoms with Gasteiger partial charge in [0.05, 0.1) is 17.4 Å². The summed E-state index contributed by atoms with van der Waals surface area (Å²) in [5.74, 6) is -0.121. The number of hydrogen-bond acceptors (Lipinski definition) is 7. The highest BCUT2D eigenvalue weighted by Crippen LogP contribution is 2.33. The number of carbonyl (C=O) groups is 1. The Kier molecular flexibility index (Phi) is 4.97. The second-order valence-electron chi connectivity index (χ2n) is 7.81. The first kappa shape index (κ1) is 18.9. The van der Waals surface area contributed by atoms with E-state index in [1.54, 1.807) is 33.6 Å². The van der Waals surface area contributed by atoms with E-state index in [4.69, 9.17) is 0 Å². The van der Waals surface area contributed by atoms with Gasteiger partial charge in [0.25, 0.3) is 5.56 Å². The van der Waals surface area contributed by atoms with Crippen molar-refractivity contribution in [3.63, 3.8) is 0 Å². The third-order valence-electron chi connectivity index (χ3n) is 5.69. The molecular formula is C20H23N5O2S2. The van der Waals surface area contributed by atoms with Crippen LogP contribution >= 0.6 is 22.7 Å². The number of hydrogen-bond donors (Lipinski definition) is 1. The second kappa shape index (κ2) is 7.62. The van der Waals surface area contributed by atoms with Crippen LogP contribution in [0.3, 0.4) is 0 Å². The van der Waals surface area contributed by atoms with Crippen molar-refractivity contribution in [3.05, 3.63) is 37.7 Å². The Hall–Kier alpha value is -2.10. The summed E-state index contributed by atoms with van der Waals surface area (Å²) in [6, 6.07) is 0. The van der Waals surface area contributed by atoms with Gasteiger partial charge in [0, 0.05) is 42.2 Å². The molecule has 0 fully saturated rings. The number of rotatable bonds is 4. The van der Waals surface area contributed by atoms with Crippen molar-refractivity contribution in [2.75, 3.05) is 18.9 Å². The molecular weight excluding hydrogens is 406 g/mol. The van der Waals surface area contributed by atoms with E-state index in [0.717, 1.165) is 54.7 Å². The van der Waals surface area contributed by atoms with Gasteiger partial charge < -0.3 is 10.2 Å². The molecule has 0 unspecified atom stereocenters. The predicted molar refractivity (Wildman–Crippen MR) is 116 cm³/mol. The topological polar surface area (TPSA) is 80.1 Å². The molecule has 0 atom stereocenters. The van der Waals surface area contributed by atoms with Gasteiger partial charge in [-0.3, -0.25) is 14.2 Å². The van der Waals surface area contributed by atoms with E-state index in [1.807, 2.05) is 0 Å². The van der Waals surface area contributed by atoms with Crippen LogP contribution in [-0.2, 0) is 37.1 Å². The number of likely N-dealkylation sites (N-methyl/N-ethyl adjacent to an activating group) is 1. The van der Waals surface area contributed by atoms with Crippen LogP contribution in [0.2, 0.25) is 0 Å². The van der Waals surface area contributed by atoms with Crippen molar-refractivity contribution in [2.45, 2.75) is 51.6 Å². The maximum absolute atomic E-state index is 13.0. The number of carbonyl (C=O) groups excluding carboxylic acids is 1. The summed E-state index contributed by atoms with van der Waals surface area (Å²) < 4.78 is 1.57. The van der Waals surface area contributed by atoms with Gasteiger partial charge in [0.1, 0.15) is 4.83 Å². The zero-order chi connectivity index (χ0) is 20.0. The molecule has 9 heteroatoms. The second-order valence-corrected chi connectivity index (χ2v) is 9.98. The molecule has 4 heterocycles. The molecule has 1 N–H and O–H groups in total. The highest BCUT2D eigenvalue weighted by atomic mass is 32.1. The Morgan fingerprint density at radius 2 is 2.07 bits per heavy atom. The molecule has 3 aromatic rings. The minimum Gasteiger partial charge on any atom is -0.302 e. The molecule has 0 radical (unpaired) electrons. The number of nitrogens with zero attached hydrogens (tertiary/aromatic N) is 4. The van der Waals surface area contributed by atoms with Crippen molar-refractivity contribution in [2.24, 2.45) is 0 Å². The summed E-state index contributed by atoms with van der Waals surface area (Å²) in [5, 5.41) is 4.33. The average Bonchev–Trinajstić information content (AvgIpc) is 3.27. The maximum atomic E-state index is 13.0. The SMILES string of the molecule is CN1CCc2nc(NC(=O)CCn3cnc4sc5c(c4c3=O)CCCC5)sc2C1. The van der Waals surface area contributed by atoms with Gasteiger partial charge in [-0.15, -0.1) is 22.7 Å². The standard InChI is InChI=1S/C20H23N5O2S2/c1-24-8-6-13-15(10-24)29-20(22-13)23-16(26)7-9-25-11-21-18-17(19(25)27)12-4-2-3-5-14(12)28-18/h11H,2-10H2,1H3,(H,22,23,26). The predicted octanol–water partition coefficient (Wildman–Crippen LogP) is 2.81. The maximum Gasteiger partial charge on any atom is 0.262 e. The third kappa shape index (κ3) is 3.62. The number of aryl methyl sites for hydroxylation is 3. The van der Waals surface area contributed by atoms with Crippen LogP contribution in [0.4, 0.5) is 5.13 Å². The molecule has 5 rings (SSSR count). The van der Waals surface area contributed by atoms with Gasteiger partial charge >= 0.3 is 0 Å². The van der Waals surface area contributed by atoms with Gasteiger partial charge in [-0.25, -0.2) is 9.97 Å². The highest BCUT2D eigenvalue weighted by molar-refractivity contribution is 7.18. The smallest absolute Gasteiger partial charge is 0.262 e. The zero-order valence-electron chi connectivity index (χ0n) is 16.4. The van der Waals surface area contributed by atoms with E-state index in [0.29, 0.717) is 11.7 Å². The largest absolute Gasteiger partial charge is 0.302 e. The fourth-order valence-corrected chi connectivity index (χ4v) is 6.44. The number of fused-ring (bicyclic) bond motifs is 4. The normalized spacial score (nSPS) is 16.6. The first-order valence-electron chi connectivity index (χ1n) is 10.0. The summed E-state index contributed by atoms with van der Waals surface area (Å²) in [6.45, 7) is 2.20. The Labute approximate surface area is 176 Å². The van der Waals surface area contributed by atoms with Crippen molar-refractivity contribution >= 4 is 43.9 Å². The first-order chi connectivity index (χ1) is 14.1. The lowest BCUT2D eigenvalue weighted by Crippen LogP contribution is -2.25. The molecule has 1 aliphatic carbocycles. The molecule has 1 amide bonds. The fourth-order valence-electron chi connectivity index (χ4n) is 4.12. The van der Waals surface area contributed by atoms with Crippen molar-refractivity contribution in [1.82, 2.24) is 19.4 Å². The monoisotopic (exact) mass is 429 g/mol. The number of nitrogens with one attached hydrogen (secondary N) is 1. The Balaban J connectivity index is 1.29. The Morgan fingerprint density at radius 3 is 2.97 bits per heavy atom. The molecule has 29 heavy (non-hydrogen) atoms. The molecule has 3 aromatic heterocycles. The number of thiophene rings is 1. The molecule has 0 bridgehead atoms. The van der Waals surface area contributed by atoms with Crippen LogP contribution in [0.1, 0.15) is 40.3 Å². The summed E-state index contributed by atoms with van der Waals surface area (Å²) in [7, 11) is 2.09. The molecule has 2 aliphatic rings. The van der Waals surface area contributed by atoms with Gasteiger partial charge in [0.2, 0.25) is 5.91 Å². The van der Waals surface area contributed by atoms with Crippen LogP contribution < -0.4 is 10.9 Å². The molecule has 152 valence electrons. The molecule has 0 aromatic carbocycles. The lowest BCUT2D eigenvalue weighted by Gasteiger charge is -2.20. The fraction of sp³-hybridized carbons (Fsp3) is 0.500. The Morgan fingerprint density at radius 1 is 1.21 bits per heavy atom. The van der Waals surface area contributed by atoms with Gasteiger partial charge in [-0.1, -0.05) is 0 Å². The number of aromatic nitrogens is 3. The molecule has 0 saturated heterocycles. The summed E-state index contributed by atoms with van der Waals surface area (Å²) in [4.78, 5) is 40.1. The number of amides is 1. The van der Waals surface area contributed by atoms with E-state index in [2.05, 4.69) is 27.2 Å². The van der Waals surface area contributed by atoms with Crippen molar-refractivity contribution in [1.29, 1.82) is 0 Å². The molecule has 0 spiro atoms. The summed E-state index contributed by atoms with van der Waals surface area (Å²) >= 11 is 3.19. The number of anilines is 1.